The summed E-state index contributed by atoms with van der Waals surface area (Å²) in [6.45, 7) is 4.82. The smallest absolute Gasteiger partial charge is 0.137 e. The monoisotopic (exact) mass is 354 g/mol. The van der Waals surface area contributed by atoms with E-state index in [1.807, 2.05) is 18.2 Å². The van der Waals surface area contributed by atoms with Crippen LogP contribution in [-0.2, 0) is 6.54 Å². The zero-order valence-corrected chi connectivity index (χ0v) is 13.8. The summed E-state index contributed by atoms with van der Waals surface area (Å²) in [5.74, 6) is -0.206. The predicted molar refractivity (Wildman–Crippen MR) is 84.4 cm³/mol. The summed E-state index contributed by atoms with van der Waals surface area (Å²) >= 11 is 4.66. The number of nitrogens with zero attached hydrogens (tertiary/aromatic N) is 1. The molecule has 0 aliphatic rings. The first-order valence-electron chi connectivity index (χ1n) is 6.36. The standard InChI is InChI=1S/C15H16BrFN2S/c1-10(2)18-8-11-3-5-14(13(17)7-11)20-15-6-4-12(16)9-19-15/h3-7,9-10,18H,8H2,1-2H3. The van der Waals surface area contributed by atoms with Crippen molar-refractivity contribution in [3.8, 4) is 0 Å². The number of halogens is 2. The van der Waals surface area contributed by atoms with E-state index in [0.29, 0.717) is 17.5 Å². The molecule has 0 amide bonds. The van der Waals surface area contributed by atoms with Crippen LogP contribution in [0.15, 0.2) is 50.9 Å². The quantitative estimate of drug-likeness (QED) is 0.846. The Bertz CT molecular complexity index is 573. The van der Waals surface area contributed by atoms with E-state index in [1.165, 1.54) is 11.8 Å². The van der Waals surface area contributed by atoms with E-state index in [2.05, 4.69) is 40.1 Å². The van der Waals surface area contributed by atoms with Crippen molar-refractivity contribution >= 4 is 27.7 Å². The second kappa shape index (κ2) is 7.20. The first-order valence-corrected chi connectivity index (χ1v) is 7.97. The second-order valence-electron chi connectivity index (χ2n) is 4.72. The molecule has 1 aromatic heterocycles. The van der Waals surface area contributed by atoms with Crippen LogP contribution < -0.4 is 5.32 Å². The Kier molecular flexibility index (Phi) is 5.57. The Balaban J connectivity index is 2.07. The van der Waals surface area contributed by atoms with Crippen LogP contribution in [0.2, 0.25) is 0 Å². The summed E-state index contributed by atoms with van der Waals surface area (Å²) in [6, 6.07) is 9.48. The molecule has 5 heteroatoms. The van der Waals surface area contributed by atoms with Gasteiger partial charge in [0.2, 0.25) is 0 Å². The molecule has 0 bridgehead atoms. The van der Waals surface area contributed by atoms with Crippen molar-refractivity contribution in [2.75, 3.05) is 0 Å². The van der Waals surface area contributed by atoms with Gasteiger partial charge < -0.3 is 5.32 Å². The van der Waals surface area contributed by atoms with E-state index < -0.39 is 0 Å². The van der Waals surface area contributed by atoms with Gasteiger partial charge in [-0.15, -0.1) is 0 Å². The SMILES string of the molecule is CC(C)NCc1ccc(Sc2ccc(Br)cn2)c(F)c1. The highest BCUT2D eigenvalue weighted by atomic mass is 79.9. The summed E-state index contributed by atoms with van der Waals surface area (Å²) in [5, 5.41) is 4.05. The molecule has 0 spiro atoms. The summed E-state index contributed by atoms with van der Waals surface area (Å²) in [5.41, 5.74) is 0.948. The van der Waals surface area contributed by atoms with Crippen LogP contribution in [-0.4, -0.2) is 11.0 Å². The average Bonchev–Trinajstić information content (AvgIpc) is 2.41. The van der Waals surface area contributed by atoms with Gasteiger partial charge in [0, 0.05) is 28.2 Å². The van der Waals surface area contributed by atoms with Crippen LogP contribution >= 0.6 is 27.7 Å². The van der Waals surface area contributed by atoms with Crippen molar-refractivity contribution in [1.82, 2.24) is 10.3 Å². The Hall–Kier alpha value is -0.910. The molecule has 0 aliphatic carbocycles. The Labute approximate surface area is 131 Å². The van der Waals surface area contributed by atoms with Gasteiger partial charge in [-0.25, -0.2) is 9.37 Å². The molecule has 2 nitrogen and oxygen atoms in total. The molecule has 0 unspecified atom stereocenters. The molecular formula is C15H16BrFN2S. The molecular weight excluding hydrogens is 339 g/mol. The number of rotatable bonds is 5. The van der Waals surface area contributed by atoms with Crippen LogP contribution in [0.25, 0.3) is 0 Å². The largest absolute Gasteiger partial charge is 0.310 e. The van der Waals surface area contributed by atoms with Crippen LogP contribution in [0, 0.1) is 5.82 Å². The Morgan fingerprint density at radius 1 is 1.30 bits per heavy atom. The molecule has 2 aromatic rings. The molecule has 0 aliphatic heterocycles. The van der Waals surface area contributed by atoms with E-state index in [-0.39, 0.29) is 5.82 Å². The van der Waals surface area contributed by atoms with Gasteiger partial charge >= 0.3 is 0 Å². The van der Waals surface area contributed by atoms with E-state index in [4.69, 9.17) is 0 Å². The van der Waals surface area contributed by atoms with Crippen molar-refractivity contribution in [3.63, 3.8) is 0 Å². The number of benzene rings is 1. The first-order chi connectivity index (χ1) is 9.54. The van der Waals surface area contributed by atoms with E-state index in [9.17, 15) is 4.39 Å². The molecule has 20 heavy (non-hydrogen) atoms. The van der Waals surface area contributed by atoms with Gasteiger partial charge in [-0.05, 0) is 45.8 Å². The van der Waals surface area contributed by atoms with Crippen LogP contribution in [0.4, 0.5) is 4.39 Å². The molecule has 0 saturated carbocycles. The zero-order chi connectivity index (χ0) is 14.5. The third-order valence-corrected chi connectivity index (χ3v) is 4.10. The zero-order valence-electron chi connectivity index (χ0n) is 11.4. The molecule has 1 aromatic carbocycles. The van der Waals surface area contributed by atoms with Crippen molar-refractivity contribution in [1.29, 1.82) is 0 Å². The fourth-order valence-corrected chi connectivity index (χ4v) is 2.59. The number of pyridine rings is 1. The molecule has 106 valence electrons. The van der Waals surface area contributed by atoms with Gasteiger partial charge in [0.05, 0.1) is 0 Å². The van der Waals surface area contributed by atoms with Crippen molar-refractivity contribution in [2.24, 2.45) is 0 Å². The van der Waals surface area contributed by atoms with E-state index >= 15 is 0 Å². The predicted octanol–water partition coefficient (Wildman–Crippen LogP) is 4.63. The fourth-order valence-electron chi connectivity index (χ4n) is 1.59. The fraction of sp³-hybridized carbons (Fsp3) is 0.267. The average molecular weight is 355 g/mol. The molecule has 0 fully saturated rings. The van der Waals surface area contributed by atoms with Crippen LogP contribution in [0.3, 0.4) is 0 Å². The minimum absolute atomic E-state index is 0.206. The highest BCUT2D eigenvalue weighted by molar-refractivity contribution is 9.10. The third kappa shape index (κ3) is 4.58. The lowest BCUT2D eigenvalue weighted by Crippen LogP contribution is -2.21. The topological polar surface area (TPSA) is 24.9 Å². The lowest BCUT2D eigenvalue weighted by atomic mass is 10.2. The molecule has 0 atom stereocenters. The van der Waals surface area contributed by atoms with Gasteiger partial charge in [0.1, 0.15) is 10.8 Å². The van der Waals surface area contributed by atoms with Crippen LogP contribution in [0.1, 0.15) is 19.4 Å². The summed E-state index contributed by atoms with van der Waals surface area (Å²) in [6.07, 6.45) is 1.71. The van der Waals surface area contributed by atoms with E-state index in [1.54, 1.807) is 18.3 Å². The Morgan fingerprint density at radius 3 is 2.70 bits per heavy atom. The summed E-state index contributed by atoms with van der Waals surface area (Å²) in [4.78, 5) is 4.82. The van der Waals surface area contributed by atoms with Gasteiger partial charge in [-0.3, -0.25) is 0 Å². The van der Waals surface area contributed by atoms with Crippen molar-refractivity contribution in [3.05, 3.63) is 52.4 Å². The number of nitrogens with one attached hydrogen (secondary N) is 1. The maximum Gasteiger partial charge on any atom is 0.137 e. The highest BCUT2D eigenvalue weighted by Crippen LogP contribution is 2.29. The molecule has 1 heterocycles. The molecule has 0 radical (unpaired) electrons. The summed E-state index contributed by atoms with van der Waals surface area (Å²) in [7, 11) is 0. The molecule has 1 N–H and O–H groups in total. The van der Waals surface area contributed by atoms with Crippen molar-refractivity contribution < 1.29 is 4.39 Å². The summed E-state index contributed by atoms with van der Waals surface area (Å²) < 4.78 is 15.0. The lowest BCUT2D eigenvalue weighted by molar-refractivity contribution is 0.574. The molecule has 0 saturated heterocycles. The lowest BCUT2D eigenvalue weighted by Gasteiger charge is -2.09. The molecule has 2 rings (SSSR count). The maximum absolute atomic E-state index is 14.1. The minimum atomic E-state index is -0.206. The number of aromatic nitrogens is 1. The van der Waals surface area contributed by atoms with Crippen LogP contribution in [0.5, 0.6) is 0 Å². The van der Waals surface area contributed by atoms with Gasteiger partial charge in [0.25, 0.3) is 0 Å². The minimum Gasteiger partial charge on any atom is -0.310 e. The Morgan fingerprint density at radius 2 is 2.10 bits per heavy atom. The highest BCUT2D eigenvalue weighted by Gasteiger charge is 2.07. The second-order valence-corrected chi connectivity index (χ2v) is 6.69. The van der Waals surface area contributed by atoms with Gasteiger partial charge in [-0.2, -0.15) is 0 Å². The van der Waals surface area contributed by atoms with Gasteiger partial charge in [-0.1, -0.05) is 31.7 Å². The normalized spacial score (nSPS) is 11.1. The van der Waals surface area contributed by atoms with Crippen molar-refractivity contribution in [2.45, 2.75) is 36.4 Å². The first kappa shape index (κ1) is 15.5. The third-order valence-electron chi connectivity index (χ3n) is 2.63. The number of hydrogen-bond acceptors (Lipinski definition) is 3. The van der Waals surface area contributed by atoms with Gasteiger partial charge in [0.15, 0.2) is 0 Å². The number of hydrogen-bond donors (Lipinski definition) is 1. The van der Waals surface area contributed by atoms with E-state index in [0.717, 1.165) is 15.1 Å². The maximum atomic E-state index is 14.1.